The van der Waals surface area contributed by atoms with Gasteiger partial charge in [-0.15, -0.1) is 0 Å². The fraction of sp³-hybridized carbons (Fsp3) is 1.00. The summed E-state index contributed by atoms with van der Waals surface area (Å²) in [5, 5.41) is 4.02. The summed E-state index contributed by atoms with van der Waals surface area (Å²) >= 11 is 0. The molecule has 0 spiro atoms. The van der Waals surface area contributed by atoms with Crippen molar-refractivity contribution in [1.29, 1.82) is 0 Å². The zero-order valence-corrected chi connectivity index (χ0v) is 11.9. The highest BCUT2D eigenvalue weighted by atomic mass is 15.1. The van der Waals surface area contributed by atoms with E-state index in [-0.39, 0.29) is 0 Å². The van der Waals surface area contributed by atoms with Crippen molar-refractivity contribution in [2.45, 2.75) is 51.1 Å². The molecule has 0 amide bonds. The van der Waals surface area contributed by atoms with Gasteiger partial charge in [0.15, 0.2) is 0 Å². The number of hydrogen-bond acceptors (Lipinski definition) is 2. The molecule has 1 saturated heterocycles. The minimum atomic E-state index is 0.758. The van der Waals surface area contributed by atoms with Crippen molar-refractivity contribution in [3.63, 3.8) is 0 Å². The van der Waals surface area contributed by atoms with E-state index in [0.29, 0.717) is 0 Å². The normalized spacial score (nSPS) is 49.3. The van der Waals surface area contributed by atoms with Crippen LogP contribution >= 0.6 is 0 Å². The summed E-state index contributed by atoms with van der Waals surface area (Å²) in [5.41, 5.74) is 0. The van der Waals surface area contributed by atoms with E-state index in [0.717, 1.165) is 41.7 Å². The van der Waals surface area contributed by atoms with Crippen molar-refractivity contribution in [2.24, 2.45) is 29.6 Å². The van der Waals surface area contributed by atoms with Gasteiger partial charge in [-0.05, 0) is 88.8 Å². The summed E-state index contributed by atoms with van der Waals surface area (Å²) in [6.07, 6.45) is 7.48. The van der Waals surface area contributed by atoms with Crippen LogP contribution in [0, 0.1) is 29.6 Å². The molecule has 3 aliphatic carbocycles. The highest BCUT2D eigenvalue weighted by Gasteiger charge is 2.64. The zero-order chi connectivity index (χ0) is 12.3. The van der Waals surface area contributed by atoms with Crippen LogP contribution in [0.15, 0.2) is 0 Å². The van der Waals surface area contributed by atoms with E-state index in [4.69, 9.17) is 0 Å². The van der Waals surface area contributed by atoms with Crippen molar-refractivity contribution >= 4 is 0 Å². The maximum absolute atomic E-state index is 4.02. The molecule has 1 aliphatic heterocycles. The molecule has 4 fully saturated rings. The van der Waals surface area contributed by atoms with Crippen molar-refractivity contribution in [3.8, 4) is 0 Å². The Bertz CT molecular complexity index is 305. The van der Waals surface area contributed by atoms with Crippen LogP contribution in [0.1, 0.15) is 39.0 Å². The fourth-order valence-electron chi connectivity index (χ4n) is 5.52. The Morgan fingerprint density at radius 1 is 1.00 bits per heavy atom. The lowest BCUT2D eigenvalue weighted by atomic mass is 9.90. The first-order valence-corrected chi connectivity index (χ1v) is 8.18. The molecule has 2 bridgehead atoms. The van der Waals surface area contributed by atoms with Gasteiger partial charge in [0.25, 0.3) is 0 Å². The summed E-state index contributed by atoms with van der Waals surface area (Å²) in [4.78, 5) is 2.48. The lowest BCUT2D eigenvalue weighted by Gasteiger charge is -2.33. The molecule has 18 heavy (non-hydrogen) atoms. The van der Waals surface area contributed by atoms with Crippen molar-refractivity contribution in [2.75, 3.05) is 20.1 Å². The number of nitrogens with one attached hydrogen (secondary N) is 1. The molecule has 102 valence electrons. The maximum Gasteiger partial charge on any atom is 0.0138 e. The van der Waals surface area contributed by atoms with Gasteiger partial charge in [0, 0.05) is 12.1 Å². The third-order valence-corrected chi connectivity index (χ3v) is 6.66. The van der Waals surface area contributed by atoms with E-state index in [9.17, 15) is 0 Å². The number of rotatable bonds is 3. The van der Waals surface area contributed by atoms with Crippen LogP contribution in [0.25, 0.3) is 0 Å². The first kappa shape index (κ1) is 11.7. The standard InChI is InChI=1S/C16H28N2/c1-10(11-5-7-18(2)8-6-11)17-16-14-12-3-4-13(9-12)15(14)16/h10-17H,3-9H2,1-2H3. The Morgan fingerprint density at radius 2 is 1.61 bits per heavy atom. The summed E-state index contributed by atoms with van der Waals surface area (Å²) in [7, 11) is 2.26. The van der Waals surface area contributed by atoms with E-state index in [2.05, 4.69) is 24.2 Å². The number of piperidine rings is 1. The molecule has 0 radical (unpaired) electrons. The molecule has 0 aromatic heterocycles. The Hall–Kier alpha value is -0.0800. The summed E-state index contributed by atoms with van der Waals surface area (Å²) in [6, 6.07) is 1.68. The Kier molecular flexibility index (Phi) is 2.74. The monoisotopic (exact) mass is 248 g/mol. The van der Waals surface area contributed by atoms with E-state index in [1.807, 2.05) is 0 Å². The molecular formula is C16H28N2. The zero-order valence-electron chi connectivity index (χ0n) is 11.9. The third-order valence-electron chi connectivity index (χ3n) is 6.66. The predicted octanol–water partition coefficient (Wildman–Crippen LogP) is 2.35. The summed E-state index contributed by atoms with van der Waals surface area (Å²) < 4.78 is 0. The van der Waals surface area contributed by atoms with E-state index < -0.39 is 0 Å². The quantitative estimate of drug-likeness (QED) is 0.825. The molecule has 1 heterocycles. The Balaban J connectivity index is 1.31. The average Bonchev–Trinajstić information content (AvgIpc) is 2.78. The molecule has 5 unspecified atom stereocenters. The first-order chi connectivity index (χ1) is 8.74. The van der Waals surface area contributed by atoms with Crippen molar-refractivity contribution in [3.05, 3.63) is 0 Å². The molecule has 1 N–H and O–H groups in total. The molecule has 2 nitrogen and oxygen atoms in total. The molecule has 3 saturated carbocycles. The highest BCUT2D eigenvalue weighted by Crippen LogP contribution is 2.65. The lowest BCUT2D eigenvalue weighted by molar-refractivity contribution is 0.186. The minimum Gasteiger partial charge on any atom is -0.311 e. The molecule has 2 heteroatoms. The Labute approximate surface area is 111 Å². The van der Waals surface area contributed by atoms with Gasteiger partial charge in [0.2, 0.25) is 0 Å². The van der Waals surface area contributed by atoms with E-state index in [1.54, 1.807) is 19.3 Å². The van der Waals surface area contributed by atoms with Crippen LogP contribution in [0.5, 0.6) is 0 Å². The number of hydrogen-bond donors (Lipinski definition) is 1. The largest absolute Gasteiger partial charge is 0.311 e. The van der Waals surface area contributed by atoms with Gasteiger partial charge in [-0.3, -0.25) is 0 Å². The van der Waals surface area contributed by atoms with Crippen LogP contribution in [0.4, 0.5) is 0 Å². The number of nitrogens with zero attached hydrogens (tertiary/aromatic N) is 1. The van der Waals surface area contributed by atoms with Gasteiger partial charge in [0.1, 0.15) is 0 Å². The third kappa shape index (κ3) is 1.76. The molecule has 0 aromatic rings. The Morgan fingerprint density at radius 3 is 2.22 bits per heavy atom. The van der Waals surface area contributed by atoms with Gasteiger partial charge in [-0.25, -0.2) is 0 Å². The van der Waals surface area contributed by atoms with E-state index >= 15 is 0 Å². The summed E-state index contributed by atoms with van der Waals surface area (Å²) in [5.74, 6) is 5.35. The van der Waals surface area contributed by atoms with Crippen LogP contribution in [0.2, 0.25) is 0 Å². The van der Waals surface area contributed by atoms with Crippen LogP contribution in [0.3, 0.4) is 0 Å². The van der Waals surface area contributed by atoms with Gasteiger partial charge >= 0.3 is 0 Å². The van der Waals surface area contributed by atoms with Crippen LogP contribution in [-0.2, 0) is 0 Å². The van der Waals surface area contributed by atoms with Crippen molar-refractivity contribution in [1.82, 2.24) is 10.2 Å². The minimum absolute atomic E-state index is 0.758. The second-order valence-electron chi connectivity index (χ2n) is 7.61. The van der Waals surface area contributed by atoms with Gasteiger partial charge in [-0.1, -0.05) is 0 Å². The summed E-state index contributed by atoms with van der Waals surface area (Å²) in [6.45, 7) is 5.06. The van der Waals surface area contributed by atoms with Crippen LogP contribution < -0.4 is 5.32 Å². The van der Waals surface area contributed by atoms with Crippen LogP contribution in [-0.4, -0.2) is 37.1 Å². The average molecular weight is 248 g/mol. The van der Waals surface area contributed by atoms with Gasteiger partial charge < -0.3 is 10.2 Å². The van der Waals surface area contributed by atoms with E-state index in [1.165, 1.54) is 25.9 Å². The fourth-order valence-corrected chi connectivity index (χ4v) is 5.52. The maximum atomic E-state index is 4.02. The van der Waals surface area contributed by atoms with Gasteiger partial charge in [0.05, 0.1) is 0 Å². The molecule has 4 rings (SSSR count). The second-order valence-corrected chi connectivity index (χ2v) is 7.61. The van der Waals surface area contributed by atoms with Crippen molar-refractivity contribution < 1.29 is 0 Å². The molecule has 0 aromatic carbocycles. The molecule has 5 atom stereocenters. The predicted molar refractivity (Wildman–Crippen MR) is 74.4 cm³/mol. The SMILES string of the molecule is CC(NC1C2C3CCC(C3)C12)C1CCN(C)CC1. The molecular weight excluding hydrogens is 220 g/mol. The lowest BCUT2D eigenvalue weighted by Crippen LogP contribution is -2.42. The second kappa shape index (κ2) is 4.21. The highest BCUT2D eigenvalue weighted by molar-refractivity contribution is 5.17. The smallest absolute Gasteiger partial charge is 0.0138 e. The van der Waals surface area contributed by atoms with Gasteiger partial charge in [-0.2, -0.15) is 0 Å². The molecule has 4 aliphatic rings. The topological polar surface area (TPSA) is 15.3 Å². The first-order valence-electron chi connectivity index (χ1n) is 8.18. The number of likely N-dealkylation sites (tertiary alicyclic amines) is 1. The number of fused-ring (bicyclic) bond motifs is 5.